The zero-order valence-corrected chi connectivity index (χ0v) is 17.3. The fourth-order valence-corrected chi connectivity index (χ4v) is 3.76. The van der Waals surface area contributed by atoms with Gasteiger partial charge in [-0.15, -0.1) is 0 Å². The van der Waals surface area contributed by atoms with Crippen LogP contribution in [-0.4, -0.2) is 44.5 Å². The third-order valence-electron chi connectivity index (χ3n) is 5.45. The van der Waals surface area contributed by atoms with Crippen molar-refractivity contribution in [2.45, 2.75) is 25.3 Å². The molecule has 0 aromatic heterocycles. The van der Waals surface area contributed by atoms with Crippen molar-refractivity contribution >= 4 is 17.5 Å². The van der Waals surface area contributed by atoms with Crippen LogP contribution in [0.5, 0.6) is 5.75 Å². The van der Waals surface area contributed by atoms with Crippen LogP contribution in [0.25, 0.3) is 0 Å². The molecule has 2 aromatic rings. The first-order valence-corrected chi connectivity index (χ1v) is 9.94. The minimum absolute atomic E-state index is 0.0000406. The lowest BCUT2D eigenvalue weighted by atomic mass is 9.89. The molecule has 1 heterocycles. The summed E-state index contributed by atoms with van der Waals surface area (Å²) in [5, 5.41) is 5.96. The number of amides is 2. The number of carbonyl (C=O) groups excluding carboxylic acids is 2. The van der Waals surface area contributed by atoms with Gasteiger partial charge in [0, 0.05) is 30.1 Å². The standard InChI is InChI=1S/C23H29N3O3/c1-26(2)20(18-9-5-7-11-21(18)29-3)15-24-22(27)13-12-17-14-16-8-4-6-10-19(16)25-23(17)28/h4-11,17,20H,12-15H2,1-3H3,(H,24,27)(H,25,28). The molecule has 1 aliphatic heterocycles. The Bertz CT molecular complexity index is 866. The van der Waals surface area contributed by atoms with Crippen LogP contribution in [0, 0.1) is 5.92 Å². The van der Waals surface area contributed by atoms with E-state index in [1.165, 1.54) is 0 Å². The molecule has 0 aliphatic carbocycles. The highest BCUT2D eigenvalue weighted by molar-refractivity contribution is 5.96. The number of methoxy groups -OCH3 is 1. The van der Waals surface area contributed by atoms with Gasteiger partial charge in [-0.3, -0.25) is 9.59 Å². The van der Waals surface area contributed by atoms with Crippen LogP contribution in [0.3, 0.4) is 0 Å². The van der Waals surface area contributed by atoms with Crippen LogP contribution >= 0.6 is 0 Å². The number of nitrogens with one attached hydrogen (secondary N) is 2. The summed E-state index contributed by atoms with van der Waals surface area (Å²) in [5.41, 5.74) is 3.04. The molecule has 6 heteroatoms. The highest BCUT2D eigenvalue weighted by Crippen LogP contribution is 2.28. The van der Waals surface area contributed by atoms with Gasteiger partial charge in [-0.05, 0) is 44.6 Å². The van der Waals surface area contributed by atoms with Crippen molar-refractivity contribution in [1.82, 2.24) is 10.2 Å². The van der Waals surface area contributed by atoms with Crippen LogP contribution < -0.4 is 15.4 Å². The lowest BCUT2D eigenvalue weighted by molar-refractivity contribution is -0.123. The number of nitrogens with zero attached hydrogens (tertiary/aromatic N) is 1. The fourth-order valence-electron chi connectivity index (χ4n) is 3.76. The number of rotatable bonds is 8. The summed E-state index contributed by atoms with van der Waals surface area (Å²) in [6.45, 7) is 0.478. The molecule has 1 aliphatic rings. The number of hydrogen-bond acceptors (Lipinski definition) is 4. The second-order valence-electron chi connectivity index (χ2n) is 7.61. The number of carbonyl (C=O) groups is 2. The number of likely N-dealkylation sites (N-methyl/N-ethyl adjacent to an activating group) is 1. The summed E-state index contributed by atoms with van der Waals surface area (Å²) in [7, 11) is 5.61. The van der Waals surface area contributed by atoms with Crippen LogP contribution in [0.1, 0.15) is 30.0 Å². The summed E-state index contributed by atoms with van der Waals surface area (Å²) in [4.78, 5) is 26.8. The molecule has 2 unspecified atom stereocenters. The summed E-state index contributed by atoms with van der Waals surface area (Å²) in [6.07, 6.45) is 1.54. The maximum Gasteiger partial charge on any atom is 0.227 e. The molecule has 0 radical (unpaired) electrons. The van der Waals surface area contributed by atoms with Crippen LogP contribution in [0.2, 0.25) is 0 Å². The Hall–Kier alpha value is -2.86. The van der Waals surface area contributed by atoms with E-state index < -0.39 is 0 Å². The van der Waals surface area contributed by atoms with Gasteiger partial charge in [0.2, 0.25) is 11.8 Å². The van der Waals surface area contributed by atoms with Crippen molar-refractivity contribution in [3.63, 3.8) is 0 Å². The van der Waals surface area contributed by atoms with E-state index in [0.29, 0.717) is 25.8 Å². The smallest absolute Gasteiger partial charge is 0.227 e. The minimum atomic E-state index is -0.172. The SMILES string of the molecule is COc1ccccc1C(CNC(=O)CCC1Cc2ccccc2NC1=O)N(C)C. The zero-order chi connectivity index (χ0) is 20.8. The van der Waals surface area contributed by atoms with Gasteiger partial charge in [-0.2, -0.15) is 0 Å². The normalized spacial score (nSPS) is 16.7. The van der Waals surface area contributed by atoms with Gasteiger partial charge in [0.25, 0.3) is 0 Å². The number of anilines is 1. The first kappa shape index (κ1) is 20.9. The Morgan fingerprint density at radius 1 is 1.21 bits per heavy atom. The summed E-state index contributed by atoms with van der Waals surface area (Å²) in [5.74, 6) is 0.586. The molecule has 2 aromatic carbocycles. The van der Waals surface area contributed by atoms with Crippen molar-refractivity contribution in [2.24, 2.45) is 5.92 Å². The van der Waals surface area contributed by atoms with Gasteiger partial charge in [0.15, 0.2) is 0 Å². The van der Waals surface area contributed by atoms with Crippen molar-refractivity contribution in [3.05, 3.63) is 59.7 Å². The molecule has 0 spiro atoms. The van der Waals surface area contributed by atoms with Crippen LogP contribution in [-0.2, 0) is 16.0 Å². The van der Waals surface area contributed by atoms with Crippen LogP contribution in [0.4, 0.5) is 5.69 Å². The first-order valence-electron chi connectivity index (χ1n) is 9.94. The Morgan fingerprint density at radius 3 is 2.69 bits per heavy atom. The molecular formula is C23H29N3O3. The van der Waals surface area contributed by atoms with Gasteiger partial charge >= 0.3 is 0 Å². The van der Waals surface area contributed by atoms with Gasteiger partial charge in [-0.25, -0.2) is 0 Å². The van der Waals surface area contributed by atoms with E-state index >= 15 is 0 Å². The average Bonchev–Trinajstić information content (AvgIpc) is 2.72. The second kappa shape index (κ2) is 9.56. The number of hydrogen-bond donors (Lipinski definition) is 2. The zero-order valence-electron chi connectivity index (χ0n) is 17.3. The van der Waals surface area contributed by atoms with Crippen molar-refractivity contribution < 1.29 is 14.3 Å². The molecule has 6 nitrogen and oxygen atoms in total. The molecule has 3 rings (SSSR count). The van der Waals surface area contributed by atoms with E-state index in [1.54, 1.807) is 7.11 Å². The monoisotopic (exact) mass is 395 g/mol. The van der Waals surface area contributed by atoms with Gasteiger partial charge in [0.1, 0.15) is 5.75 Å². The summed E-state index contributed by atoms with van der Waals surface area (Å²) < 4.78 is 5.47. The van der Waals surface area contributed by atoms with Crippen molar-refractivity contribution in [3.8, 4) is 5.75 Å². The molecule has 2 amide bonds. The Morgan fingerprint density at radius 2 is 1.93 bits per heavy atom. The Balaban J connectivity index is 1.54. The number of ether oxygens (including phenoxy) is 1. The Kier molecular flexibility index (Phi) is 6.88. The van der Waals surface area contributed by atoms with E-state index in [4.69, 9.17) is 4.74 Å². The molecule has 154 valence electrons. The Labute approximate surface area is 172 Å². The van der Waals surface area contributed by atoms with E-state index in [-0.39, 0.29) is 23.8 Å². The summed E-state index contributed by atoms with van der Waals surface area (Å²) >= 11 is 0. The molecule has 2 atom stereocenters. The molecule has 0 saturated carbocycles. The van der Waals surface area contributed by atoms with Gasteiger partial charge < -0.3 is 20.3 Å². The molecular weight excluding hydrogens is 366 g/mol. The quantitative estimate of drug-likeness (QED) is 0.721. The van der Waals surface area contributed by atoms with Gasteiger partial charge in [0.05, 0.1) is 13.2 Å². The third-order valence-corrected chi connectivity index (χ3v) is 5.45. The molecule has 2 N–H and O–H groups in total. The molecule has 0 saturated heterocycles. The van der Waals surface area contributed by atoms with E-state index in [2.05, 4.69) is 15.5 Å². The van der Waals surface area contributed by atoms with E-state index in [0.717, 1.165) is 22.6 Å². The molecule has 0 bridgehead atoms. The third kappa shape index (κ3) is 5.15. The van der Waals surface area contributed by atoms with E-state index in [9.17, 15) is 9.59 Å². The lowest BCUT2D eigenvalue weighted by Crippen LogP contribution is -2.36. The van der Waals surface area contributed by atoms with Crippen molar-refractivity contribution in [2.75, 3.05) is 33.1 Å². The van der Waals surface area contributed by atoms with Gasteiger partial charge in [-0.1, -0.05) is 36.4 Å². The topological polar surface area (TPSA) is 70.7 Å². The minimum Gasteiger partial charge on any atom is -0.496 e. The lowest BCUT2D eigenvalue weighted by Gasteiger charge is -2.27. The number of benzene rings is 2. The first-order chi connectivity index (χ1) is 14.0. The summed E-state index contributed by atoms with van der Waals surface area (Å²) in [6, 6.07) is 15.7. The number of fused-ring (bicyclic) bond motifs is 1. The fraction of sp³-hybridized carbons (Fsp3) is 0.391. The maximum absolute atomic E-state index is 12.5. The molecule has 29 heavy (non-hydrogen) atoms. The molecule has 0 fully saturated rings. The highest BCUT2D eigenvalue weighted by Gasteiger charge is 2.26. The number of para-hydroxylation sites is 2. The van der Waals surface area contributed by atoms with Crippen molar-refractivity contribution in [1.29, 1.82) is 0 Å². The highest BCUT2D eigenvalue weighted by atomic mass is 16.5. The maximum atomic E-state index is 12.5. The van der Waals surface area contributed by atoms with E-state index in [1.807, 2.05) is 62.6 Å². The predicted molar refractivity (Wildman–Crippen MR) is 114 cm³/mol. The van der Waals surface area contributed by atoms with Crippen LogP contribution in [0.15, 0.2) is 48.5 Å². The average molecular weight is 396 g/mol. The predicted octanol–water partition coefficient (Wildman–Crippen LogP) is 3.01. The largest absolute Gasteiger partial charge is 0.496 e. The second-order valence-corrected chi connectivity index (χ2v) is 7.61.